The number of hydrogen-bond acceptors (Lipinski definition) is 2. The molecule has 1 unspecified atom stereocenters. The minimum atomic E-state index is -4.43. The number of piperidine rings is 1. The first-order valence-corrected chi connectivity index (χ1v) is 5.04. The summed E-state index contributed by atoms with van der Waals surface area (Å²) in [7, 11) is -4.43. The van der Waals surface area contributed by atoms with Crippen LogP contribution in [0.2, 0.25) is 0 Å². The zero-order valence-corrected chi connectivity index (χ0v) is 7.27. The maximum atomic E-state index is 12.3. The summed E-state index contributed by atoms with van der Waals surface area (Å²) in [5.74, 6) is 0.286. The van der Waals surface area contributed by atoms with Crippen molar-refractivity contribution in [3.63, 3.8) is 0 Å². The van der Waals surface area contributed by atoms with Crippen molar-refractivity contribution in [3.05, 3.63) is 0 Å². The molecule has 1 heterocycles. The van der Waals surface area contributed by atoms with Crippen LogP contribution in [-0.4, -0.2) is 25.8 Å². The normalized spacial score (nSPS) is 28.7. The molecule has 0 bridgehead atoms. The van der Waals surface area contributed by atoms with Gasteiger partial charge in [0.2, 0.25) is 0 Å². The summed E-state index contributed by atoms with van der Waals surface area (Å²) in [6, 6.07) is 0. The van der Waals surface area contributed by atoms with E-state index in [1.807, 2.05) is 6.92 Å². The fourth-order valence-electron chi connectivity index (χ4n) is 1.34. The van der Waals surface area contributed by atoms with E-state index in [1.54, 1.807) is 0 Å². The first kappa shape index (κ1) is 8.93. The summed E-state index contributed by atoms with van der Waals surface area (Å²) in [5, 5.41) is 0. The summed E-state index contributed by atoms with van der Waals surface area (Å²) >= 11 is 0. The molecule has 0 aromatic heterocycles. The van der Waals surface area contributed by atoms with Crippen LogP contribution in [0.1, 0.15) is 19.8 Å². The Morgan fingerprint density at radius 2 is 2.18 bits per heavy atom. The third kappa shape index (κ3) is 2.41. The molecular weight excluding hydrogens is 169 g/mol. The summed E-state index contributed by atoms with van der Waals surface area (Å²) in [4.78, 5) is 0. The van der Waals surface area contributed by atoms with Crippen LogP contribution < -0.4 is 0 Å². The Labute approximate surface area is 66.5 Å². The summed E-state index contributed by atoms with van der Waals surface area (Å²) in [6.07, 6.45) is 1.76. The number of rotatable bonds is 1. The summed E-state index contributed by atoms with van der Waals surface area (Å²) in [6.45, 7) is 2.60. The third-order valence-corrected chi connectivity index (χ3v) is 2.88. The topological polar surface area (TPSA) is 37.4 Å². The van der Waals surface area contributed by atoms with Crippen LogP contribution >= 0.6 is 0 Å². The Balaban J connectivity index is 2.60. The lowest BCUT2D eigenvalue weighted by Gasteiger charge is -2.26. The molecule has 0 radical (unpaired) electrons. The molecule has 66 valence electrons. The van der Waals surface area contributed by atoms with Gasteiger partial charge in [-0.05, 0) is 18.8 Å². The molecule has 3 nitrogen and oxygen atoms in total. The van der Waals surface area contributed by atoms with Crippen molar-refractivity contribution in [1.29, 1.82) is 0 Å². The fraction of sp³-hybridized carbons (Fsp3) is 1.00. The average Bonchev–Trinajstić information content (AvgIpc) is 1.86. The number of halogens is 1. The predicted molar refractivity (Wildman–Crippen MR) is 40.0 cm³/mol. The molecule has 1 atom stereocenters. The van der Waals surface area contributed by atoms with Gasteiger partial charge in [-0.3, -0.25) is 0 Å². The van der Waals surface area contributed by atoms with E-state index in [0.29, 0.717) is 13.1 Å². The largest absolute Gasteiger partial charge is 0.374 e. The van der Waals surface area contributed by atoms with E-state index in [-0.39, 0.29) is 5.92 Å². The van der Waals surface area contributed by atoms with Crippen molar-refractivity contribution in [2.45, 2.75) is 19.8 Å². The second-order valence-electron chi connectivity index (χ2n) is 3.05. The van der Waals surface area contributed by atoms with Crippen LogP contribution in [0.3, 0.4) is 0 Å². The average molecular weight is 181 g/mol. The highest BCUT2D eigenvalue weighted by atomic mass is 32.3. The van der Waals surface area contributed by atoms with E-state index >= 15 is 0 Å². The molecule has 1 aliphatic heterocycles. The lowest BCUT2D eigenvalue weighted by atomic mass is 10.0. The molecule has 11 heavy (non-hydrogen) atoms. The molecule has 0 spiro atoms. The minimum absolute atomic E-state index is 0.286. The van der Waals surface area contributed by atoms with Gasteiger partial charge in [0.15, 0.2) is 0 Å². The van der Waals surface area contributed by atoms with Crippen LogP contribution in [0.25, 0.3) is 0 Å². The molecule has 0 aromatic rings. The Morgan fingerprint density at radius 1 is 1.55 bits per heavy atom. The van der Waals surface area contributed by atoms with Crippen molar-refractivity contribution < 1.29 is 12.3 Å². The molecule has 0 aliphatic carbocycles. The molecule has 0 N–H and O–H groups in total. The van der Waals surface area contributed by atoms with E-state index in [4.69, 9.17) is 0 Å². The maximum Gasteiger partial charge on any atom is 0.374 e. The van der Waals surface area contributed by atoms with Gasteiger partial charge >= 0.3 is 10.4 Å². The Hall–Kier alpha value is -0.160. The lowest BCUT2D eigenvalue weighted by molar-refractivity contribution is 0.270. The Morgan fingerprint density at radius 3 is 2.55 bits per heavy atom. The van der Waals surface area contributed by atoms with Crippen LogP contribution in [-0.2, 0) is 10.4 Å². The van der Waals surface area contributed by atoms with Crippen molar-refractivity contribution >= 4 is 10.4 Å². The second kappa shape index (κ2) is 3.06. The summed E-state index contributed by atoms with van der Waals surface area (Å²) < 4.78 is 34.0. The quantitative estimate of drug-likeness (QED) is 0.564. The molecule has 1 fully saturated rings. The molecule has 0 aromatic carbocycles. The lowest BCUT2D eigenvalue weighted by Crippen LogP contribution is -2.36. The zero-order chi connectivity index (χ0) is 8.48. The number of nitrogens with zero attached hydrogens (tertiary/aromatic N) is 1. The van der Waals surface area contributed by atoms with E-state index in [9.17, 15) is 12.3 Å². The molecule has 5 heteroatoms. The second-order valence-corrected chi connectivity index (χ2v) is 4.39. The highest BCUT2D eigenvalue weighted by Crippen LogP contribution is 2.18. The van der Waals surface area contributed by atoms with Crippen LogP contribution in [0.15, 0.2) is 0 Å². The smallest absolute Gasteiger partial charge is 0.177 e. The van der Waals surface area contributed by atoms with Gasteiger partial charge in [0.25, 0.3) is 0 Å². The van der Waals surface area contributed by atoms with Crippen molar-refractivity contribution in [2.24, 2.45) is 5.92 Å². The Bertz CT molecular complexity index is 227. The van der Waals surface area contributed by atoms with Crippen molar-refractivity contribution in [3.8, 4) is 0 Å². The molecular formula is C6H12FNO2S. The zero-order valence-electron chi connectivity index (χ0n) is 6.46. The van der Waals surface area contributed by atoms with Crippen LogP contribution in [0, 0.1) is 5.92 Å². The first-order valence-electron chi connectivity index (χ1n) is 3.70. The summed E-state index contributed by atoms with van der Waals surface area (Å²) in [5.41, 5.74) is 0. The van der Waals surface area contributed by atoms with Gasteiger partial charge in [0.1, 0.15) is 0 Å². The number of hydrogen-bond donors (Lipinski definition) is 0. The highest BCUT2D eigenvalue weighted by molar-refractivity contribution is 7.83. The van der Waals surface area contributed by atoms with Crippen LogP contribution in [0.4, 0.5) is 3.89 Å². The van der Waals surface area contributed by atoms with Gasteiger partial charge in [0, 0.05) is 13.1 Å². The van der Waals surface area contributed by atoms with E-state index in [2.05, 4.69) is 0 Å². The van der Waals surface area contributed by atoms with Crippen LogP contribution in [0.5, 0.6) is 0 Å². The Kier molecular flexibility index (Phi) is 2.49. The van der Waals surface area contributed by atoms with Gasteiger partial charge in [-0.25, -0.2) is 0 Å². The SMILES string of the molecule is CC1CCCN(S(=O)(=O)F)C1. The van der Waals surface area contributed by atoms with Gasteiger partial charge in [-0.1, -0.05) is 10.8 Å². The standard InChI is InChI=1S/C6H12FNO2S/c1-6-3-2-4-8(5-6)11(7,9)10/h6H,2-5H2,1H3. The van der Waals surface area contributed by atoms with E-state index in [1.165, 1.54) is 0 Å². The van der Waals surface area contributed by atoms with Gasteiger partial charge in [-0.15, -0.1) is 0 Å². The highest BCUT2D eigenvalue weighted by Gasteiger charge is 2.25. The molecule has 0 saturated carbocycles. The van der Waals surface area contributed by atoms with Gasteiger partial charge < -0.3 is 0 Å². The molecule has 1 rings (SSSR count). The maximum absolute atomic E-state index is 12.3. The third-order valence-electron chi connectivity index (χ3n) is 1.93. The van der Waals surface area contributed by atoms with E-state index in [0.717, 1.165) is 17.1 Å². The van der Waals surface area contributed by atoms with Crippen molar-refractivity contribution in [1.82, 2.24) is 4.31 Å². The monoisotopic (exact) mass is 181 g/mol. The van der Waals surface area contributed by atoms with E-state index < -0.39 is 10.4 Å². The van der Waals surface area contributed by atoms with Gasteiger partial charge in [0.05, 0.1) is 0 Å². The minimum Gasteiger partial charge on any atom is -0.177 e. The first-order chi connectivity index (χ1) is 5.00. The molecule has 1 saturated heterocycles. The fourth-order valence-corrected chi connectivity index (χ4v) is 2.12. The van der Waals surface area contributed by atoms with Gasteiger partial charge in [-0.2, -0.15) is 12.7 Å². The van der Waals surface area contributed by atoms with Crippen molar-refractivity contribution in [2.75, 3.05) is 13.1 Å². The molecule has 0 amide bonds. The molecule has 1 aliphatic rings. The predicted octanol–water partition coefficient (Wildman–Crippen LogP) is 0.933.